The van der Waals surface area contributed by atoms with Crippen LogP contribution in [0.15, 0.2) is 24.3 Å². The molecule has 0 amide bonds. The monoisotopic (exact) mass is 274 g/mol. The van der Waals surface area contributed by atoms with Crippen LogP contribution in [0.5, 0.6) is 0 Å². The van der Waals surface area contributed by atoms with E-state index in [-0.39, 0.29) is 0 Å². The molecule has 1 aromatic heterocycles. The van der Waals surface area contributed by atoms with Crippen molar-refractivity contribution in [1.29, 1.82) is 0 Å². The summed E-state index contributed by atoms with van der Waals surface area (Å²) in [5, 5.41) is 3.46. The minimum Gasteiger partial charge on any atom is -0.353 e. The highest BCUT2D eigenvalue weighted by Gasteiger charge is 2.07. The molecule has 2 rings (SSSR count). The van der Waals surface area contributed by atoms with Gasteiger partial charge in [-0.2, -0.15) is 0 Å². The number of aromatic nitrogens is 2. The molecule has 1 atom stereocenters. The first kappa shape index (κ1) is 14.9. The minimum absolute atomic E-state index is 0.436. The molecule has 0 radical (unpaired) electrons. The predicted molar refractivity (Wildman–Crippen MR) is 86.2 cm³/mol. The number of H-pyrrole nitrogens is 1. The number of imidazole rings is 1. The molecular weight excluding hydrogens is 248 g/mol. The molecule has 0 fully saturated rings. The first-order valence-corrected chi connectivity index (χ1v) is 7.66. The number of nitrogens with one attached hydrogen (secondary N) is 2. The highest BCUT2D eigenvalue weighted by Crippen LogP contribution is 2.14. The van der Waals surface area contributed by atoms with Gasteiger partial charge < -0.3 is 15.2 Å². The SMILES string of the molecule is CCN(CC)CCCC(C)Nc1nc2ccccc2[nH]1. The number of fused-ring (bicyclic) bond motifs is 1. The summed E-state index contributed by atoms with van der Waals surface area (Å²) in [5.41, 5.74) is 2.11. The van der Waals surface area contributed by atoms with Crippen molar-refractivity contribution < 1.29 is 0 Å². The van der Waals surface area contributed by atoms with Crippen LogP contribution in [0.3, 0.4) is 0 Å². The van der Waals surface area contributed by atoms with Gasteiger partial charge in [-0.1, -0.05) is 26.0 Å². The smallest absolute Gasteiger partial charge is 0.201 e. The van der Waals surface area contributed by atoms with E-state index in [1.54, 1.807) is 0 Å². The molecule has 20 heavy (non-hydrogen) atoms. The van der Waals surface area contributed by atoms with Crippen LogP contribution in [0.25, 0.3) is 11.0 Å². The molecule has 0 aliphatic carbocycles. The lowest BCUT2D eigenvalue weighted by molar-refractivity contribution is 0.295. The second-order valence-electron chi connectivity index (χ2n) is 5.32. The molecule has 0 aliphatic heterocycles. The number of hydrogen-bond donors (Lipinski definition) is 2. The lowest BCUT2D eigenvalue weighted by Crippen LogP contribution is -2.25. The zero-order valence-corrected chi connectivity index (χ0v) is 12.8. The summed E-state index contributed by atoms with van der Waals surface area (Å²) in [4.78, 5) is 10.3. The fourth-order valence-electron chi connectivity index (χ4n) is 2.49. The summed E-state index contributed by atoms with van der Waals surface area (Å²) in [7, 11) is 0. The van der Waals surface area contributed by atoms with Crippen molar-refractivity contribution in [3.8, 4) is 0 Å². The Balaban J connectivity index is 1.80. The highest BCUT2D eigenvalue weighted by molar-refractivity contribution is 5.77. The van der Waals surface area contributed by atoms with E-state index in [0.717, 1.165) is 36.5 Å². The van der Waals surface area contributed by atoms with Gasteiger partial charge in [-0.05, 0) is 51.5 Å². The summed E-state index contributed by atoms with van der Waals surface area (Å²) < 4.78 is 0. The van der Waals surface area contributed by atoms with Crippen LogP contribution in [0.1, 0.15) is 33.6 Å². The Morgan fingerprint density at radius 1 is 1.25 bits per heavy atom. The third-order valence-corrected chi connectivity index (χ3v) is 3.78. The fraction of sp³-hybridized carbons (Fsp3) is 0.562. The van der Waals surface area contributed by atoms with Crippen LogP contribution in [0, 0.1) is 0 Å². The number of para-hydroxylation sites is 2. The maximum atomic E-state index is 4.55. The van der Waals surface area contributed by atoms with E-state index in [1.165, 1.54) is 13.0 Å². The lowest BCUT2D eigenvalue weighted by Gasteiger charge is -2.19. The summed E-state index contributed by atoms with van der Waals surface area (Å²) in [6, 6.07) is 8.56. The van der Waals surface area contributed by atoms with E-state index in [1.807, 2.05) is 18.2 Å². The van der Waals surface area contributed by atoms with Crippen molar-refractivity contribution in [3.63, 3.8) is 0 Å². The third kappa shape index (κ3) is 3.97. The second kappa shape index (κ2) is 7.29. The molecule has 0 spiro atoms. The van der Waals surface area contributed by atoms with E-state index in [4.69, 9.17) is 0 Å². The van der Waals surface area contributed by atoms with Gasteiger partial charge in [0.2, 0.25) is 5.95 Å². The number of aromatic amines is 1. The van der Waals surface area contributed by atoms with Crippen LogP contribution in [-0.4, -0.2) is 40.5 Å². The second-order valence-corrected chi connectivity index (χ2v) is 5.32. The number of anilines is 1. The molecule has 0 bridgehead atoms. The standard InChI is InChI=1S/C16H26N4/c1-4-20(5-2)12-8-9-13(3)17-16-18-14-10-6-7-11-15(14)19-16/h6-7,10-11,13H,4-5,8-9,12H2,1-3H3,(H2,17,18,19). The molecule has 2 N–H and O–H groups in total. The van der Waals surface area contributed by atoms with Crippen LogP contribution < -0.4 is 5.32 Å². The summed E-state index contributed by atoms with van der Waals surface area (Å²) in [6.45, 7) is 10.1. The summed E-state index contributed by atoms with van der Waals surface area (Å²) in [5.74, 6) is 0.876. The van der Waals surface area contributed by atoms with Crippen LogP contribution in [-0.2, 0) is 0 Å². The Morgan fingerprint density at radius 3 is 2.70 bits per heavy atom. The Labute approximate surface area is 121 Å². The Bertz CT molecular complexity index is 483. The largest absolute Gasteiger partial charge is 0.353 e. The van der Waals surface area contributed by atoms with Gasteiger partial charge in [0.1, 0.15) is 0 Å². The predicted octanol–water partition coefficient (Wildman–Crippen LogP) is 3.49. The van der Waals surface area contributed by atoms with E-state index in [9.17, 15) is 0 Å². The number of nitrogens with zero attached hydrogens (tertiary/aromatic N) is 2. The van der Waals surface area contributed by atoms with Gasteiger partial charge in [0.25, 0.3) is 0 Å². The molecule has 2 aromatic rings. The van der Waals surface area contributed by atoms with Gasteiger partial charge in [-0.3, -0.25) is 0 Å². The topological polar surface area (TPSA) is 44.0 Å². The third-order valence-electron chi connectivity index (χ3n) is 3.78. The normalized spacial score (nSPS) is 13.0. The van der Waals surface area contributed by atoms with E-state index in [0.29, 0.717) is 6.04 Å². The van der Waals surface area contributed by atoms with Gasteiger partial charge in [-0.25, -0.2) is 4.98 Å². The van der Waals surface area contributed by atoms with Crippen molar-refractivity contribution in [2.45, 2.75) is 39.7 Å². The molecule has 1 heterocycles. The van der Waals surface area contributed by atoms with Gasteiger partial charge in [0.05, 0.1) is 11.0 Å². The van der Waals surface area contributed by atoms with Crippen molar-refractivity contribution in [1.82, 2.24) is 14.9 Å². The average molecular weight is 274 g/mol. The lowest BCUT2D eigenvalue weighted by atomic mass is 10.2. The molecule has 0 aliphatic rings. The number of rotatable bonds is 8. The van der Waals surface area contributed by atoms with E-state index in [2.05, 4.69) is 47.0 Å². The maximum Gasteiger partial charge on any atom is 0.201 e. The summed E-state index contributed by atoms with van der Waals surface area (Å²) >= 11 is 0. The van der Waals surface area contributed by atoms with E-state index >= 15 is 0 Å². The maximum absolute atomic E-state index is 4.55. The first-order valence-electron chi connectivity index (χ1n) is 7.66. The zero-order valence-electron chi connectivity index (χ0n) is 12.8. The Morgan fingerprint density at radius 2 is 2.00 bits per heavy atom. The van der Waals surface area contributed by atoms with Gasteiger partial charge in [-0.15, -0.1) is 0 Å². The zero-order chi connectivity index (χ0) is 14.4. The first-order chi connectivity index (χ1) is 9.72. The van der Waals surface area contributed by atoms with Crippen LogP contribution in [0.2, 0.25) is 0 Å². The summed E-state index contributed by atoms with van der Waals surface area (Å²) in [6.07, 6.45) is 2.38. The Hall–Kier alpha value is -1.55. The molecule has 110 valence electrons. The van der Waals surface area contributed by atoms with Gasteiger partial charge >= 0.3 is 0 Å². The molecule has 1 aromatic carbocycles. The van der Waals surface area contributed by atoms with Crippen LogP contribution in [0.4, 0.5) is 5.95 Å². The minimum atomic E-state index is 0.436. The van der Waals surface area contributed by atoms with E-state index < -0.39 is 0 Å². The molecular formula is C16H26N4. The quantitative estimate of drug-likeness (QED) is 0.774. The molecule has 4 heteroatoms. The highest BCUT2D eigenvalue weighted by atomic mass is 15.1. The fourth-order valence-corrected chi connectivity index (χ4v) is 2.49. The van der Waals surface area contributed by atoms with Crippen molar-refractivity contribution in [2.75, 3.05) is 25.0 Å². The van der Waals surface area contributed by atoms with Crippen molar-refractivity contribution in [3.05, 3.63) is 24.3 Å². The van der Waals surface area contributed by atoms with Crippen molar-refractivity contribution in [2.24, 2.45) is 0 Å². The average Bonchev–Trinajstić information content (AvgIpc) is 2.85. The van der Waals surface area contributed by atoms with Gasteiger partial charge in [0.15, 0.2) is 0 Å². The van der Waals surface area contributed by atoms with Crippen molar-refractivity contribution >= 4 is 17.0 Å². The van der Waals surface area contributed by atoms with Gasteiger partial charge in [0, 0.05) is 6.04 Å². The molecule has 1 unspecified atom stereocenters. The molecule has 4 nitrogen and oxygen atoms in total. The number of hydrogen-bond acceptors (Lipinski definition) is 3. The van der Waals surface area contributed by atoms with Crippen LogP contribution >= 0.6 is 0 Å². The molecule has 0 saturated heterocycles. The Kier molecular flexibility index (Phi) is 5.41. The molecule has 0 saturated carbocycles. The number of benzene rings is 1.